The number of carbonyl (C=O) groups excluding carboxylic acids is 2. The number of benzene rings is 1. The van der Waals surface area contributed by atoms with E-state index in [4.69, 9.17) is 4.74 Å². The van der Waals surface area contributed by atoms with Crippen LogP contribution in [0, 0.1) is 11.1 Å². The number of hydrogen-bond acceptors (Lipinski definition) is 5. The van der Waals surface area contributed by atoms with Crippen molar-refractivity contribution in [1.29, 1.82) is 0 Å². The van der Waals surface area contributed by atoms with E-state index in [1.807, 2.05) is 30.3 Å². The number of nitrogens with zero attached hydrogens (tertiary/aromatic N) is 3. The van der Waals surface area contributed by atoms with Crippen molar-refractivity contribution < 1.29 is 19.1 Å². The van der Waals surface area contributed by atoms with Gasteiger partial charge < -0.3 is 15.3 Å². The van der Waals surface area contributed by atoms with Crippen molar-refractivity contribution in [3.8, 4) is 5.69 Å². The highest BCUT2D eigenvalue weighted by Crippen LogP contribution is 2.47. The number of amides is 1. The third kappa shape index (κ3) is 3.10. The molecule has 0 bridgehead atoms. The molecular weight excluding hydrogens is 384 g/mol. The highest BCUT2D eigenvalue weighted by molar-refractivity contribution is 5.95. The maximum absolute atomic E-state index is 12.8. The first-order valence-electron chi connectivity index (χ1n) is 9.93. The summed E-state index contributed by atoms with van der Waals surface area (Å²) in [7, 11) is 0. The zero-order valence-electron chi connectivity index (χ0n) is 16.2. The Morgan fingerprint density at radius 2 is 1.97 bits per heavy atom. The van der Waals surface area contributed by atoms with Gasteiger partial charge >= 0.3 is 5.97 Å². The Kier molecular flexibility index (Phi) is 4.27. The van der Waals surface area contributed by atoms with Crippen LogP contribution in [0.4, 0.5) is 5.82 Å². The van der Waals surface area contributed by atoms with Crippen molar-refractivity contribution >= 4 is 17.7 Å². The minimum Gasteiger partial charge on any atom is -0.619 e. The van der Waals surface area contributed by atoms with Crippen molar-refractivity contribution in [2.45, 2.75) is 31.3 Å². The van der Waals surface area contributed by atoms with Gasteiger partial charge in [0, 0.05) is 24.2 Å². The number of anilines is 1. The maximum Gasteiger partial charge on any atom is 0.339 e. The molecule has 0 radical (unpaired) electrons. The van der Waals surface area contributed by atoms with E-state index in [0.717, 1.165) is 5.69 Å². The minimum atomic E-state index is -0.800. The van der Waals surface area contributed by atoms with E-state index in [2.05, 4.69) is 10.4 Å². The monoisotopic (exact) mass is 404 g/mol. The van der Waals surface area contributed by atoms with Crippen molar-refractivity contribution in [3.05, 3.63) is 77.4 Å². The van der Waals surface area contributed by atoms with Gasteiger partial charge in [-0.2, -0.15) is 9.83 Å². The number of hydrogen-bond donors (Lipinski definition) is 1. The second-order valence-electron chi connectivity index (χ2n) is 7.76. The quantitative estimate of drug-likeness (QED) is 0.411. The van der Waals surface area contributed by atoms with E-state index < -0.39 is 11.6 Å². The van der Waals surface area contributed by atoms with Crippen LogP contribution in [0.1, 0.15) is 41.6 Å². The third-order valence-corrected chi connectivity index (χ3v) is 5.96. The van der Waals surface area contributed by atoms with Gasteiger partial charge in [-0.25, -0.2) is 9.48 Å². The van der Waals surface area contributed by atoms with Crippen LogP contribution in [-0.2, 0) is 15.1 Å². The van der Waals surface area contributed by atoms with Gasteiger partial charge in [0.15, 0.2) is 18.2 Å². The number of ether oxygens (including phenoxy) is 1. The first-order valence-corrected chi connectivity index (χ1v) is 9.93. The van der Waals surface area contributed by atoms with Crippen molar-refractivity contribution in [3.63, 3.8) is 0 Å². The second kappa shape index (κ2) is 6.98. The molecule has 152 valence electrons. The average Bonchev–Trinajstić information content (AvgIpc) is 3.32. The number of carbonyl (C=O) groups is 2. The molecule has 8 nitrogen and oxygen atoms in total. The molecule has 1 fully saturated rings. The summed E-state index contributed by atoms with van der Waals surface area (Å²) in [6, 6.07) is 12.9. The van der Waals surface area contributed by atoms with E-state index in [1.54, 1.807) is 16.9 Å². The number of nitrogens with one attached hydrogen (secondary N) is 1. The van der Waals surface area contributed by atoms with Gasteiger partial charge in [0.05, 0.1) is 16.8 Å². The molecule has 1 saturated carbocycles. The predicted octanol–water partition coefficient (Wildman–Crippen LogP) is 2.70. The molecule has 3 aromatic rings. The van der Waals surface area contributed by atoms with Crippen LogP contribution >= 0.6 is 0 Å². The molecule has 8 heteroatoms. The summed E-state index contributed by atoms with van der Waals surface area (Å²) >= 11 is 0. The summed E-state index contributed by atoms with van der Waals surface area (Å²) in [6.07, 6.45) is 6.65. The largest absolute Gasteiger partial charge is 0.619 e. The maximum atomic E-state index is 12.8. The van der Waals surface area contributed by atoms with E-state index >= 15 is 0 Å². The lowest BCUT2D eigenvalue weighted by Crippen LogP contribution is -2.37. The smallest absolute Gasteiger partial charge is 0.339 e. The number of pyridine rings is 1. The molecule has 0 saturated heterocycles. The van der Waals surface area contributed by atoms with Crippen molar-refractivity contribution in [2.75, 3.05) is 5.32 Å². The molecular formula is C22H20N4O4. The van der Waals surface area contributed by atoms with Crippen LogP contribution < -0.4 is 10.0 Å². The summed E-state index contributed by atoms with van der Waals surface area (Å²) in [6.45, 7) is 0. The summed E-state index contributed by atoms with van der Waals surface area (Å²) < 4.78 is 8.07. The van der Waals surface area contributed by atoms with Gasteiger partial charge in [-0.15, -0.1) is 0 Å². The molecule has 1 amide bonds. The van der Waals surface area contributed by atoms with Crippen LogP contribution in [0.2, 0.25) is 0 Å². The fourth-order valence-electron chi connectivity index (χ4n) is 4.37. The fraction of sp³-hybridized carbons (Fsp3) is 0.273. The van der Waals surface area contributed by atoms with Gasteiger partial charge in [0.1, 0.15) is 5.60 Å². The lowest BCUT2D eigenvalue weighted by Gasteiger charge is -2.35. The number of esters is 1. The molecule has 1 N–H and O–H groups in total. The molecule has 1 spiro atoms. The average molecular weight is 404 g/mol. The number of aromatic nitrogens is 3. The lowest BCUT2D eigenvalue weighted by molar-refractivity contribution is -0.606. The van der Waals surface area contributed by atoms with E-state index in [0.29, 0.717) is 47.4 Å². The molecule has 1 aliphatic heterocycles. The van der Waals surface area contributed by atoms with Crippen LogP contribution in [0.5, 0.6) is 0 Å². The Balaban J connectivity index is 1.26. The summed E-state index contributed by atoms with van der Waals surface area (Å²) in [5, 5.41) is 19.0. The molecule has 2 aromatic heterocycles. The Labute approximate surface area is 172 Å². The van der Waals surface area contributed by atoms with Gasteiger partial charge in [0.25, 0.3) is 0 Å². The summed E-state index contributed by atoms with van der Waals surface area (Å²) in [5.41, 5.74) is 1.18. The Morgan fingerprint density at radius 1 is 1.20 bits per heavy atom. The van der Waals surface area contributed by atoms with Crippen LogP contribution in [0.15, 0.2) is 61.1 Å². The van der Waals surface area contributed by atoms with Gasteiger partial charge in [-0.05, 0) is 37.8 Å². The van der Waals surface area contributed by atoms with Gasteiger partial charge in [0.2, 0.25) is 5.91 Å². The Morgan fingerprint density at radius 3 is 2.73 bits per heavy atom. The lowest BCUT2D eigenvalue weighted by atomic mass is 9.75. The SMILES string of the molecule is O=C1OC2(CCC(C(=O)Nc3ccn(-c4ccccc4)n3)CC2)c2c[n+]([O-])ccc21. The van der Waals surface area contributed by atoms with Crippen molar-refractivity contribution in [1.82, 2.24) is 9.78 Å². The molecule has 0 unspecified atom stereocenters. The van der Waals surface area contributed by atoms with Gasteiger partial charge in [-0.1, -0.05) is 18.2 Å². The predicted molar refractivity (Wildman–Crippen MR) is 107 cm³/mol. The molecule has 1 aromatic carbocycles. The summed E-state index contributed by atoms with van der Waals surface area (Å²) in [5.74, 6) is -0.211. The third-order valence-electron chi connectivity index (χ3n) is 5.96. The first-order chi connectivity index (χ1) is 14.5. The van der Waals surface area contributed by atoms with Crippen LogP contribution in [0.25, 0.3) is 5.69 Å². The standard InChI is InChI=1S/C22H20N4O4/c27-20(23-19-9-13-26(24-19)16-4-2-1-3-5-16)15-6-10-22(11-7-15)18-14-25(29)12-8-17(18)21(28)30-22/h1-5,8-9,12-15H,6-7,10-11H2,(H,23,24,27). The zero-order chi connectivity index (χ0) is 20.7. The topological polar surface area (TPSA) is 100 Å². The van der Waals surface area contributed by atoms with Crippen LogP contribution in [-0.4, -0.2) is 21.7 Å². The second-order valence-corrected chi connectivity index (χ2v) is 7.76. The van der Waals surface area contributed by atoms with E-state index in [-0.39, 0.29) is 11.8 Å². The zero-order valence-corrected chi connectivity index (χ0v) is 16.2. The van der Waals surface area contributed by atoms with E-state index in [9.17, 15) is 14.8 Å². The number of rotatable bonds is 3. The van der Waals surface area contributed by atoms with E-state index in [1.165, 1.54) is 18.5 Å². The minimum absolute atomic E-state index is 0.0975. The molecule has 30 heavy (non-hydrogen) atoms. The first kappa shape index (κ1) is 18.4. The molecule has 0 atom stereocenters. The number of para-hydroxylation sites is 1. The summed E-state index contributed by atoms with van der Waals surface area (Å²) in [4.78, 5) is 25.0. The Hall–Kier alpha value is -3.68. The molecule has 3 heterocycles. The Bertz CT molecular complexity index is 1120. The fourth-order valence-corrected chi connectivity index (χ4v) is 4.37. The van der Waals surface area contributed by atoms with Crippen molar-refractivity contribution in [2.24, 2.45) is 5.92 Å². The molecule has 5 rings (SSSR count). The normalized spacial score (nSPS) is 22.5. The molecule has 2 aliphatic rings. The highest BCUT2D eigenvalue weighted by atomic mass is 16.6. The highest BCUT2D eigenvalue weighted by Gasteiger charge is 2.50. The van der Waals surface area contributed by atoms with Gasteiger partial charge in [-0.3, -0.25) is 4.79 Å². The molecule has 1 aliphatic carbocycles. The number of fused-ring (bicyclic) bond motifs is 2. The van der Waals surface area contributed by atoms with Crippen LogP contribution in [0.3, 0.4) is 0 Å².